The second kappa shape index (κ2) is 11.0. The maximum atomic E-state index is 12.1. The van der Waals surface area contributed by atoms with E-state index >= 15 is 0 Å². The van der Waals surface area contributed by atoms with E-state index in [2.05, 4.69) is 5.32 Å². The van der Waals surface area contributed by atoms with Crippen LogP contribution in [0.15, 0.2) is 53.4 Å². The number of thioether (sulfide) groups is 1. The molecule has 0 saturated heterocycles. The average Bonchev–Trinajstić information content (AvgIpc) is 2.70. The summed E-state index contributed by atoms with van der Waals surface area (Å²) >= 11 is 1.32. The van der Waals surface area contributed by atoms with Gasteiger partial charge in [-0.1, -0.05) is 44.2 Å². The molecule has 0 heterocycles. The Morgan fingerprint density at radius 1 is 1.11 bits per heavy atom. The number of carbonyl (C=O) groups excluding carboxylic acids is 2. The van der Waals surface area contributed by atoms with E-state index in [1.54, 1.807) is 18.2 Å². The van der Waals surface area contributed by atoms with Crippen LogP contribution in [0.5, 0.6) is 5.75 Å². The van der Waals surface area contributed by atoms with Crippen molar-refractivity contribution in [2.45, 2.75) is 24.7 Å². The van der Waals surface area contributed by atoms with E-state index in [1.807, 2.05) is 50.2 Å². The van der Waals surface area contributed by atoms with E-state index < -0.39 is 18.5 Å². The molecule has 2 aromatic carbocycles. The summed E-state index contributed by atoms with van der Waals surface area (Å²) < 4.78 is 10.5. The molecule has 1 N–H and O–H groups in total. The number of carbonyl (C=O) groups is 2. The molecule has 0 radical (unpaired) electrons. The van der Waals surface area contributed by atoms with Gasteiger partial charge < -0.3 is 14.8 Å². The Kier molecular flexibility index (Phi) is 8.37. The largest absolute Gasteiger partial charge is 0.482 e. The predicted molar refractivity (Wildman–Crippen MR) is 108 cm³/mol. The zero-order chi connectivity index (χ0) is 20.4. The van der Waals surface area contributed by atoms with E-state index in [0.29, 0.717) is 11.4 Å². The van der Waals surface area contributed by atoms with Gasteiger partial charge in [-0.15, -0.1) is 11.8 Å². The third-order valence-corrected chi connectivity index (χ3v) is 4.64. The molecule has 0 bridgehead atoms. The molecular formula is C21H22N2O4S. The number of ether oxygens (including phenoxy) is 2. The third kappa shape index (κ3) is 6.63. The Morgan fingerprint density at radius 3 is 2.57 bits per heavy atom. The fraction of sp³-hybridized carbons (Fsp3) is 0.286. The Labute approximate surface area is 168 Å². The number of para-hydroxylation sites is 2. The van der Waals surface area contributed by atoms with Crippen LogP contribution in [-0.2, 0) is 14.3 Å². The van der Waals surface area contributed by atoms with Gasteiger partial charge in [0, 0.05) is 4.90 Å². The van der Waals surface area contributed by atoms with Crippen LogP contribution in [0.4, 0.5) is 5.69 Å². The van der Waals surface area contributed by atoms with Crippen LogP contribution < -0.4 is 10.1 Å². The van der Waals surface area contributed by atoms with Crippen LogP contribution >= 0.6 is 11.8 Å². The Morgan fingerprint density at radius 2 is 1.82 bits per heavy atom. The van der Waals surface area contributed by atoms with E-state index in [0.717, 1.165) is 10.5 Å². The minimum absolute atomic E-state index is 0.261. The average molecular weight is 398 g/mol. The quantitative estimate of drug-likeness (QED) is 0.508. The van der Waals surface area contributed by atoms with Crippen LogP contribution in [0, 0.1) is 11.3 Å². The van der Waals surface area contributed by atoms with Crippen LogP contribution in [0.25, 0.3) is 0 Å². The van der Waals surface area contributed by atoms with Crippen molar-refractivity contribution in [2.75, 3.05) is 24.3 Å². The first-order valence-electron chi connectivity index (χ1n) is 8.77. The van der Waals surface area contributed by atoms with Crippen LogP contribution in [0.1, 0.15) is 25.3 Å². The second-order valence-corrected chi connectivity index (χ2v) is 7.15. The Balaban J connectivity index is 1.82. The summed E-state index contributed by atoms with van der Waals surface area (Å²) in [5.41, 5.74) is 1.57. The maximum absolute atomic E-state index is 12.1. The topological polar surface area (TPSA) is 88.4 Å². The predicted octanol–water partition coefficient (Wildman–Crippen LogP) is 3.99. The first-order valence-corrected chi connectivity index (χ1v) is 9.75. The van der Waals surface area contributed by atoms with Crippen molar-refractivity contribution < 1.29 is 19.1 Å². The normalized spacial score (nSPS) is 10.2. The summed E-state index contributed by atoms with van der Waals surface area (Å²) in [6.07, 6.45) is 0. The monoisotopic (exact) mass is 398 g/mol. The van der Waals surface area contributed by atoms with Gasteiger partial charge in [-0.25, -0.2) is 4.79 Å². The summed E-state index contributed by atoms with van der Waals surface area (Å²) in [6, 6.07) is 16.7. The van der Waals surface area contributed by atoms with Gasteiger partial charge in [0.25, 0.3) is 5.91 Å². The van der Waals surface area contributed by atoms with Gasteiger partial charge in [-0.3, -0.25) is 4.79 Å². The fourth-order valence-corrected chi connectivity index (χ4v) is 3.07. The van der Waals surface area contributed by atoms with Crippen LogP contribution in [0.3, 0.4) is 0 Å². The molecule has 0 aliphatic rings. The number of hydrogen-bond donors (Lipinski definition) is 1. The molecule has 146 valence electrons. The van der Waals surface area contributed by atoms with Crippen LogP contribution in [-0.4, -0.2) is 30.8 Å². The molecule has 0 spiro atoms. The van der Waals surface area contributed by atoms with Gasteiger partial charge in [-0.2, -0.15) is 5.26 Å². The Bertz CT molecular complexity index is 861. The molecule has 6 nitrogen and oxygen atoms in total. The summed E-state index contributed by atoms with van der Waals surface area (Å²) in [5, 5.41) is 11.4. The standard InChI is InChI=1S/C21H22N2O4S/c1-15(2)16-7-3-5-9-18(16)26-14-21(25)27-13-20(24)23-17-8-4-6-10-19(17)28-12-11-22/h3-10,15H,12-14H2,1-2H3,(H,23,24). The number of rotatable bonds is 9. The zero-order valence-corrected chi connectivity index (χ0v) is 16.6. The molecule has 7 heteroatoms. The summed E-state index contributed by atoms with van der Waals surface area (Å²) in [6.45, 7) is 3.39. The van der Waals surface area contributed by atoms with Crippen molar-refractivity contribution >= 4 is 29.3 Å². The van der Waals surface area contributed by atoms with Crippen LogP contribution in [0.2, 0.25) is 0 Å². The number of benzene rings is 2. The highest BCUT2D eigenvalue weighted by molar-refractivity contribution is 7.99. The molecule has 2 rings (SSSR count). The van der Waals surface area contributed by atoms with Crippen molar-refractivity contribution in [3.05, 3.63) is 54.1 Å². The number of anilines is 1. The van der Waals surface area contributed by atoms with Gasteiger partial charge in [0.05, 0.1) is 17.5 Å². The molecule has 0 aliphatic carbocycles. The lowest BCUT2D eigenvalue weighted by Gasteiger charge is -2.13. The van der Waals surface area contributed by atoms with E-state index in [4.69, 9.17) is 14.7 Å². The van der Waals surface area contributed by atoms with Gasteiger partial charge >= 0.3 is 5.97 Å². The molecule has 0 unspecified atom stereocenters. The number of hydrogen-bond acceptors (Lipinski definition) is 6. The number of nitrogens with zero attached hydrogens (tertiary/aromatic N) is 1. The minimum atomic E-state index is -0.624. The summed E-state index contributed by atoms with van der Waals surface area (Å²) in [5.74, 6) is 0.0814. The molecular weight excluding hydrogens is 376 g/mol. The number of nitrogens with one attached hydrogen (secondary N) is 1. The molecule has 2 aromatic rings. The highest BCUT2D eigenvalue weighted by Crippen LogP contribution is 2.27. The third-order valence-electron chi connectivity index (χ3n) is 3.70. The van der Waals surface area contributed by atoms with Gasteiger partial charge in [0.1, 0.15) is 5.75 Å². The number of nitriles is 1. The lowest BCUT2D eigenvalue weighted by molar-refractivity contribution is -0.149. The zero-order valence-electron chi connectivity index (χ0n) is 15.8. The molecule has 0 aromatic heterocycles. The smallest absolute Gasteiger partial charge is 0.344 e. The van der Waals surface area contributed by atoms with E-state index in [1.165, 1.54) is 11.8 Å². The Hall–Kier alpha value is -2.98. The molecule has 1 amide bonds. The van der Waals surface area contributed by atoms with Crippen molar-refractivity contribution in [1.29, 1.82) is 5.26 Å². The van der Waals surface area contributed by atoms with Gasteiger partial charge in [0.2, 0.25) is 0 Å². The molecule has 0 fully saturated rings. The lowest BCUT2D eigenvalue weighted by atomic mass is 10.0. The highest BCUT2D eigenvalue weighted by atomic mass is 32.2. The van der Waals surface area contributed by atoms with E-state index in [-0.39, 0.29) is 18.3 Å². The minimum Gasteiger partial charge on any atom is -0.482 e. The van der Waals surface area contributed by atoms with Crippen molar-refractivity contribution in [2.24, 2.45) is 0 Å². The summed E-state index contributed by atoms with van der Waals surface area (Å²) in [4.78, 5) is 24.7. The van der Waals surface area contributed by atoms with Gasteiger partial charge in [-0.05, 0) is 29.7 Å². The number of esters is 1. The van der Waals surface area contributed by atoms with Gasteiger partial charge in [0.15, 0.2) is 13.2 Å². The number of amides is 1. The maximum Gasteiger partial charge on any atom is 0.344 e. The summed E-state index contributed by atoms with van der Waals surface area (Å²) in [7, 11) is 0. The first kappa shape index (κ1) is 21.3. The van der Waals surface area contributed by atoms with Crippen molar-refractivity contribution in [1.82, 2.24) is 0 Å². The molecule has 0 atom stereocenters. The van der Waals surface area contributed by atoms with E-state index in [9.17, 15) is 9.59 Å². The molecule has 0 aliphatic heterocycles. The highest BCUT2D eigenvalue weighted by Gasteiger charge is 2.12. The second-order valence-electron chi connectivity index (χ2n) is 6.13. The van der Waals surface area contributed by atoms with Crippen molar-refractivity contribution in [3.63, 3.8) is 0 Å². The lowest BCUT2D eigenvalue weighted by Crippen LogP contribution is -2.24. The SMILES string of the molecule is CC(C)c1ccccc1OCC(=O)OCC(=O)Nc1ccccc1SCC#N. The fourth-order valence-electron chi connectivity index (χ4n) is 2.41. The molecule has 0 saturated carbocycles. The molecule has 28 heavy (non-hydrogen) atoms. The first-order chi connectivity index (χ1) is 13.5. The van der Waals surface area contributed by atoms with Crippen molar-refractivity contribution in [3.8, 4) is 11.8 Å².